The molecule has 0 bridgehead atoms. The summed E-state index contributed by atoms with van der Waals surface area (Å²) in [6, 6.07) is 0. The molecule has 0 spiro atoms. The van der Waals surface area contributed by atoms with Gasteiger partial charge in [-0.15, -0.1) is 0 Å². The Kier molecular flexibility index (Phi) is 3.90. The van der Waals surface area contributed by atoms with Crippen molar-refractivity contribution in [2.45, 2.75) is 37.8 Å². The smallest absolute Gasteiger partial charge is 1.00 e. The van der Waals surface area contributed by atoms with E-state index in [1.807, 2.05) is 5.57 Å². The molecule has 62 valence electrons. The Labute approximate surface area is 91.0 Å². The summed E-state index contributed by atoms with van der Waals surface area (Å²) in [5.41, 5.74) is 4.48. The zero-order valence-electron chi connectivity index (χ0n) is 9.27. The predicted molar refractivity (Wildman–Crippen MR) is 53.9 cm³/mol. The fourth-order valence-electron chi connectivity index (χ4n) is 2.30. The summed E-state index contributed by atoms with van der Waals surface area (Å²) in [6.45, 7) is 2.43. The summed E-state index contributed by atoms with van der Waals surface area (Å²) in [5.74, 6) is 0. The quantitative estimate of drug-likeness (QED) is 0.470. The monoisotopic (exact) mass is 172 g/mol. The van der Waals surface area contributed by atoms with Gasteiger partial charge in [-0.2, -0.15) is 0 Å². The van der Waals surface area contributed by atoms with E-state index in [0.29, 0.717) is 0 Å². The molecule has 0 aromatic rings. The van der Waals surface area contributed by atoms with E-state index in [-0.39, 0.29) is 29.8 Å². The molecule has 2 aliphatic carbocycles. The molecule has 2 aliphatic rings. The Balaban J connectivity index is 0.000000720. The Morgan fingerprint density at radius 2 is 2.17 bits per heavy atom. The van der Waals surface area contributed by atoms with Gasteiger partial charge in [-0.25, -0.2) is 0 Å². The van der Waals surface area contributed by atoms with Gasteiger partial charge in [0.05, 0.1) is 0 Å². The third kappa shape index (κ3) is 1.79. The van der Waals surface area contributed by atoms with Gasteiger partial charge in [-0.05, 0) is 36.8 Å². The Hall–Kier alpha value is 0.294. The van der Waals surface area contributed by atoms with Crippen LogP contribution in [0.1, 0.15) is 27.1 Å². The molecule has 0 saturated heterocycles. The van der Waals surface area contributed by atoms with Gasteiger partial charge in [0.25, 0.3) is 0 Å². The fourth-order valence-corrected chi connectivity index (χ4v) is 3.66. The first-order valence-corrected chi connectivity index (χ1v) is 7.05. The molecule has 0 N–H and O–H groups in total. The van der Waals surface area contributed by atoms with Crippen LogP contribution in [0.5, 0.6) is 0 Å². The summed E-state index contributed by atoms with van der Waals surface area (Å²) in [4.78, 5) is 0. The number of hydrogen-bond donors (Lipinski definition) is 0. The summed E-state index contributed by atoms with van der Waals surface area (Å²) < 4.78 is 0. The van der Waals surface area contributed by atoms with Crippen molar-refractivity contribution >= 4 is 9.52 Å². The second kappa shape index (κ2) is 4.51. The summed E-state index contributed by atoms with van der Waals surface area (Å²) in [7, 11) is 0.180. The first-order chi connectivity index (χ1) is 5.42. The molecule has 0 aromatic heterocycles. The molecule has 0 aliphatic heterocycles. The van der Waals surface area contributed by atoms with Crippen LogP contribution in [0.2, 0.25) is 12.1 Å². The van der Waals surface area contributed by atoms with Crippen LogP contribution in [0.15, 0.2) is 23.3 Å². The molecule has 2 heteroatoms. The van der Waals surface area contributed by atoms with Crippen LogP contribution in [0.4, 0.5) is 0 Å². The Morgan fingerprint density at radius 3 is 2.92 bits per heavy atom. The molecule has 1 unspecified atom stereocenters. The normalized spacial score (nSPS) is 27.9. The fraction of sp³-hybridized carbons (Fsp3) is 0.600. The molecule has 0 heterocycles. The molecule has 12 heavy (non-hydrogen) atoms. The van der Waals surface area contributed by atoms with Crippen molar-refractivity contribution in [3.63, 3.8) is 0 Å². The SMILES string of the molecule is C[SiH2]C1C=CC2=C1CCCC2.[H-].[Li+]. The van der Waals surface area contributed by atoms with Crippen LogP contribution in [-0.4, -0.2) is 9.52 Å². The average Bonchev–Trinajstić information content (AvgIpc) is 2.47. The van der Waals surface area contributed by atoms with Gasteiger partial charge in [0.15, 0.2) is 0 Å². The maximum atomic E-state index is 2.46. The van der Waals surface area contributed by atoms with Gasteiger partial charge in [0, 0.05) is 9.52 Å². The molecular weight excluding hydrogens is 155 g/mol. The minimum absolute atomic E-state index is 0. The van der Waals surface area contributed by atoms with Crippen LogP contribution in [0.25, 0.3) is 0 Å². The molecule has 1 atom stereocenters. The topological polar surface area (TPSA) is 0 Å². The largest absolute Gasteiger partial charge is 1.00 e. The molecule has 0 nitrogen and oxygen atoms in total. The maximum Gasteiger partial charge on any atom is 1.00 e. The van der Waals surface area contributed by atoms with E-state index >= 15 is 0 Å². The molecule has 0 radical (unpaired) electrons. The van der Waals surface area contributed by atoms with Crippen molar-refractivity contribution < 1.29 is 20.3 Å². The van der Waals surface area contributed by atoms with Gasteiger partial charge in [-0.3, -0.25) is 0 Å². The van der Waals surface area contributed by atoms with Crippen LogP contribution in [0, 0.1) is 0 Å². The van der Waals surface area contributed by atoms with Crippen LogP contribution < -0.4 is 18.9 Å². The second-order valence-corrected chi connectivity index (χ2v) is 5.33. The van der Waals surface area contributed by atoms with Crippen molar-refractivity contribution in [3.05, 3.63) is 23.3 Å². The zero-order valence-corrected chi connectivity index (χ0v) is 9.68. The minimum atomic E-state index is 0. The summed E-state index contributed by atoms with van der Waals surface area (Å²) >= 11 is 0. The minimum Gasteiger partial charge on any atom is -1.00 e. The zero-order chi connectivity index (χ0) is 7.68. The maximum absolute atomic E-state index is 2.46. The third-order valence-electron chi connectivity index (χ3n) is 2.97. The van der Waals surface area contributed by atoms with E-state index < -0.39 is 0 Å². The van der Waals surface area contributed by atoms with E-state index in [2.05, 4.69) is 18.7 Å². The number of hydrogen-bond acceptors (Lipinski definition) is 0. The second-order valence-electron chi connectivity index (χ2n) is 3.63. The van der Waals surface area contributed by atoms with E-state index in [1.54, 1.807) is 5.57 Å². The number of allylic oxidation sites excluding steroid dienone is 4. The molecule has 0 aromatic carbocycles. The van der Waals surface area contributed by atoms with E-state index in [4.69, 9.17) is 0 Å². The van der Waals surface area contributed by atoms with Crippen molar-refractivity contribution in [2.24, 2.45) is 0 Å². The van der Waals surface area contributed by atoms with E-state index in [0.717, 1.165) is 5.54 Å². The van der Waals surface area contributed by atoms with Crippen LogP contribution in [0.3, 0.4) is 0 Å². The van der Waals surface area contributed by atoms with Crippen LogP contribution in [-0.2, 0) is 0 Å². The standard InChI is InChI=1S/C10H16Si.Li.H/c1-11-10-7-6-8-4-2-3-5-9(8)10;;/h6-7,10H,2-5,11H2,1H3;;/q;+1;-1. The van der Waals surface area contributed by atoms with Gasteiger partial charge < -0.3 is 1.43 Å². The van der Waals surface area contributed by atoms with E-state index in [1.165, 1.54) is 25.7 Å². The molecule has 2 rings (SSSR count). The molecule has 0 fully saturated rings. The first-order valence-electron chi connectivity index (χ1n) is 4.82. The molecule has 0 saturated carbocycles. The van der Waals surface area contributed by atoms with Gasteiger partial charge >= 0.3 is 18.9 Å². The summed E-state index contributed by atoms with van der Waals surface area (Å²) in [6.07, 6.45) is 10.5. The van der Waals surface area contributed by atoms with Gasteiger partial charge in [0.1, 0.15) is 0 Å². The number of rotatable bonds is 1. The van der Waals surface area contributed by atoms with Crippen molar-refractivity contribution in [3.8, 4) is 0 Å². The van der Waals surface area contributed by atoms with Crippen molar-refractivity contribution in [1.82, 2.24) is 0 Å². The Morgan fingerprint density at radius 1 is 1.42 bits per heavy atom. The average molecular weight is 172 g/mol. The van der Waals surface area contributed by atoms with E-state index in [9.17, 15) is 0 Å². The third-order valence-corrected chi connectivity index (χ3v) is 4.62. The first kappa shape index (κ1) is 10.4. The molecule has 0 amide bonds. The van der Waals surface area contributed by atoms with Gasteiger partial charge in [0.2, 0.25) is 0 Å². The van der Waals surface area contributed by atoms with Crippen LogP contribution >= 0.6 is 0 Å². The summed E-state index contributed by atoms with van der Waals surface area (Å²) in [5, 5.41) is 0. The van der Waals surface area contributed by atoms with Gasteiger partial charge in [-0.1, -0.05) is 24.3 Å². The van der Waals surface area contributed by atoms with Crippen molar-refractivity contribution in [2.75, 3.05) is 0 Å². The molecular formula is C10H17LiSi. The Bertz CT molecular complexity index is 223. The van der Waals surface area contributed by atoms with Crippen molar-refractivity contribution in [1.29, 1.82) is 0 Å². The predicted octanol–water partition coefficient (Wildman–Crippen LogP) is -0.451.